The highest BCUT2D eigenvalue weighted by molar-refractivity contribution is 7.12. The smallest absolute Gasteiger partial charge is 0.263 e. The van der Waals surface area contributed by atoms with Crippen molar-refractivity contribution in [3.05, 3.63) is 34.5 Å². The van der Waals surface area contributed by atoms with Gasteiger partial charge in [-0.3, -0.25) is 4.79 Å². The second-order valence-corrected chi connectivity index (χ2v) is 5.60. The summed E-state index contributed by atoms with van der Waals surface area (Å²) in [5, 5.41) is 1.97. The van der Waals surface area contributed by atoms with E-state index in [1.807, 2.05) is 22.4 Å². The lowest BCUT2D eigenvalue weighted by Crippen LogP contribution is -2.28. The van der Waals surface area contributed by atoms with Crippen LogP contribution in [0.15, 0.2) is 29.7 Å². The van der Waals surface area contributed by atoms with Crippen LogP contribution in [0.3, 0.4) is 0 Å². The summed E-state index contributed by atoms with van der Waals surface area (Å²) < 4.78 is 0. The summed E-state index contributed by atoms with van der Waals surface area (Å²) in [5.74, 6) is 1.63. The molecule has 0 N–H and O–H groups in total. The zero-order valence-electron chi connectivity index (χ0n) is 9.13. The maximum atomic E-state index is 12.2. The molecule has 0 aromatic carbocycles. The van der Waals surface area contributed by atoms with Crippen molar-refractivity contribution in [2.24, 2.45) is 11.8 Å². The molecule has 1 aliphatic carbocycles. The third-order valence-electron chi connectivity index (χ3n) is 3.64. The predicted molar refractivity (Wildman–Crippen MR) is 65.6 cm³/mol. The minimum atomic E-state index is 0.226. The largest absolute Gasteiger partial charge is 0.337 e. The van der Waals surface area contributed by atoms with Gasteiger partial charge in [-0.05, 0) is 36.1 Å². The Morgan fingerprint density at radius 1 is 1.25 bits per heavy atom. The quantitative estimate of drug-likeness (QED) is 0.683. The van der Waals surface area contributed by atoms with E-state index >= 15 is 0 Å². The molecule has 2 aliphatic rings. The van der Waals surface area contributed by atoms with Crippen molar-refractivity contribution < 1.29 is 4.79 Å². The van der Waals surface area contributed by atoms with Crippen LogP contribution in [0.2, 0.25) is 0 Å². The zero-order valence-corrected chi connectivity index (χ0v) is 9.95. The lowest BCUT2D eigenvalue weighted by Gasteiger charge is -2.17. The Hall–Kier alpha value is -1.09. The Kier molecular flexibility index (Phi) is 2.56. The average Bonchev–Trinajstić information content (AvgIpc) is 2.97. The minimum absolute atomic E-state index is 0.226. The van der Waals surface area contributed by atoms with Crippen LogP contribution >= 0.6 is 11.3 Å². The second kappa shape index (κ2) is 4.06. The van der Waals surface area contributed by atoms with E-state index in [2.05, 4.69) is 12.2 Å². The van der Waals surface area contributed by atoms with Crippen LogP contribution in [0, 0.1) is 11.8 Å². The molecule has 1 aliphatic heterocycles. The van der Waals surface area contributed by atoms with E-state index in [1.54, 1.807) is 11.3 Å². The number of fused-ring (bicyclic) bond motifs is 1. The minimum Gasteiger partial charge on any atom is -0.337 e. The van der Waals surface area contributed by atoms with Gasteiger partial charge in [-0.1, -0.05) is 18.2 Å². The van der Waals surface area contributed by atoms with Crippen molar-refractivity contribution in [2.75, 3.05) is 13.1 Å². The number of amides is 1. The molecule has 16 heavy (non-hydrogen) atoms. The molecule has 3 heteroatoms. The van der Waals surface area contributed by atoms with Crippen molar-refractivity contribution in [1.82, 2.24) is 4.90 Å². The van der Waals surface area contributed by atoms with Crippen LogP contribution < -0.4 is 0 Å². The first-order chi connectivity index (χ1) is 7.84. The SMILES string of the molecule is O=C(c1cccs1)N1CC2CC=CCC2C1. The van der Waals surface area contributed by atoms with Crippen LogP contribution in [0.4, 0.5) is 0 Å². The summed E-state index contributed by atoms with van der Waals surface area (Å²) >= 11 is 1.54. The summed E-state index contributed by atoms with van der Waals surface area (Å²) in [4.78, 5) is 15.1. The van der Waals surface area contributed by atoms with Gasteiger partial charge in [0.25, 0.3) is 5.91 Å². The van der Waals surface area contributed by atoms with Gasteiger partial charge >= 0.3 is 0 Å². The number of carbonyl (C=O) groups is 1. The van der Waals surface area contributed by atoms with Crippen LogP contribution in [0.1, 0.15) is 22.5 Å². The Balaban J connectivity index is 1.72. The van der Waals surface area contributed by atoms with Gasteiger partial charge in [-0.2, -0.15) is 0 Å². The summed E-state index contributed by atoms with van der Waals surface area (Å²) in [7, 11) is 0. The van der Waals surface area contributed by atoms with E-state index in [1.165, 1.54) is 0 Å². The summed E-state index contributed by atoms with van der Waals surface area (Å²) in [6.45, 7) is 1.90. The van der Waals surface area contributed by atoms with Crippen molar-refractivity contribution in [3.63, 3.8) is 0 Å². The zero-order chi connectivity index (χ0) is 11.0. The standard InChI is InChI=1S/C13H15NOS/c15-13(12-6-3-7-16-12)14-8-10-4-1-2-5-11(10)9-14/h1-3,6-7,10-11H,4-5,8-9H2. The number of hydrogen-bond acceptors (Lipinski definition) is 2. The van der Waals surface area contributed by atoms with Gasteiger partial charge in [0.15, 0.2) is 0 Å². The van der Waals surface area contributed by atoms with Gasteiger partial charge in [-0.15, -0.1) is 11.3 Å². The molecule has 1 fully saturated rings. The lowest BCUT2D eigenvalue weighted by atomic mass is 9.86. The van der Waals surface area contributed by atoms with Gasteiger partial charge in [0, 0.05) is 13.1 Å². The molecule has 0 radical (unpaired) electrons. The molecule has 1 amide bonds. The fraction of sp³-hybridized carbons (Fsp3) is 0.462. The second-order valence-electron chi connectivity index (χ2n) is 4.65. The molecule has 1 aromatic heterocycles. The fourth-order valence-electron chi connectivity index (χ4n) is 2.74. The first-order valence-electron chi connectivity index (χ1n) is 5.82. The molecule has 0 bridgehead atoms. The Bertz CT molecular complexity index is 394. The number of allylic oxidation sites excluding steroid dienone is 2. The van der Waals surface area contributed by atoms with Crippen LogP contribution in [0.25, 0.3) is 0 Å². The van der Waals surface area contributed by atoms with Crippen LogP contribution in [-0.2, 0) is 0 Å². The molecule has 84 valence electrons. The lowest BCUT2D eigenvalue weighted by molar-refractivity contribution is 0.0789. The molecule has 1 saturated heterocycles. The fourth-order valence-corrected chi connectivity index (χ4v) is 3.43. The van der Waals surface area contributed by atoms with E-state index in [0.29, 0.717) is 11.8 Å². The highest BCUT2D eigenvalue weighted by Gasteiger charge is 2.35. The number of rotatable bonds is 1. The van der Waals surface area contributed by atoms with E-state index in [4.69, 9.17) is 0 Å². The van der Waals surface area contributed by atoms with Crippen LogP contribution in [0.5, 0.6) is 0 Å². The Morgan fingerprint density at radius 3 is 2.50 bits per heavy atom. The average molecular weight is 233 g/mol. The maximum absolute atomic E-state index is 12.2. The number of likely N-dealkylation sites (tertiary alicyclic amines) is 1. The van der Waals surface area contributed by atoms with Gasteiger partial charge < -0.3 is 4.90 Å². The van der Waals surface area contributed by atoms with Crippen molar-refractivity contribution in [3.8, 4) is 0 Å². The number of hydrogen-bond donors (Lipinski definition) is 0. The van der Waals surface area contributed by atoms with E-state index in [0.717, 1.165) is 30.8 Å². The number of thiophene rings is 1. The highest BCUT2D eigenvalue weighted by atomic mass is 32.1. The van der Waals surface area contributed by atoms with Crippen molar-refractivity contribution in [1.29, 1.82) is 0 Å². The monoisotopic (exact) mass is 233 g/mol. The highest BCUT2D eigenvalue weighted by Crippen LogP contribution is 2.33. The van der Waals surface area contributed by atoms with Crippen molar-refractivity contribution in [2.45, 2.75) is 12.8 Å². The van der Waals surface area contributed by atoms with E-state index in [9.17, 15) is 4.79 Å². The topological polar surface area (TPSA) is 20.3 Å². The van der Waals surface area contributed by atoms with Gasteiger partial charge in [-0.25, -0.2) is 0 Å². The molecule has 2 atom stereocenters. The third-order valence-corrected chi connectivity index (χ3v) is 4.50. The van der Waals surface area contributed by atoms with E-state index < -0.39 is 0 Å². The summed E-state index contributed by atoms with van der Waals surface area (Å²) in [6.07, 6.45) is 6.83. The van der Waals surface area contributed by atoms with E-state index in [-0.39, 0.29) is 5.91 Å². The van der Waals surface area contributed by atoms with Crippen LogP contribution in [-0.4, -0.2) is 23.9 Å². The summed E-state index contributed by atoms with van der Waals surface area (Å²) in [5.41, 5.74) is 0. The molecular weight excluding hydrogens is 218 g/mol. The maximum Gasteiger partial charge on any atom is 0.263 e. The van der Waals surface area contributed by atoms with Gasteiger partial charge in [0.1, 0.15) is 0 Å². The molecule has 0 spiro atoms. The number of carbonyl (C=O) groups excluding carboxylic acids is 1. The predicted octanol–water partition coefficient (Wildman–Crippen LogP) is 2.79. The molecular formula is C13H15NOS. The molecule has 2 unspecified atom stereocenters. The number of nitrogens with zero attached hydrogens (tertiary/aromatic N) is 1. The van der Waals surface area contributed by atoms with Gasteiger partial charge in [0.2, 0.25) is 0 Å². The third kappa shape index (κ3) is 1.69. The van der Waals surface area contributed by atoms with Gasteiger partial charge in [0.05, 0.1) is 4.88 Å². The van der Waals surface area contributed by atoms with Crippen molar-refractivity contribution >= 4 is 17.2 Å². The molecule has 3 rings (SSSR count). The molecule has 2 nitrogen and oxygen atoms in total. The normalized spacial score (nSPS) is 28.1. The Labute approximate surface area is 99.6 Å². The molecule has 1 aromatic rings. The Morgan fingerprint density at radius 2 is 1.94 bits per heavy atom. The molecule has 2 heterocycles. The first kappa shape index (κ1) is 10.1. The molecule has 0 saturated carbocycles. The first-order valence-corrected chi connectivity index (χ1v) is 6.70. The summed E-state index contributed by atoms with van der Waals surface area (Å²) in [6, 6.07) is 3.87.